The summed E-state index contributed by atoms with van der Waals surface area (Å²) in [5.41, 5.74) is 1.16. The van der Waals surface area contributed by atoms with Gasteiger partial charge in [-0.25, -0.2) is 17.5 Å². The van der Waals surface area contributed by atoms with Gasteiger partial charge in [0.05, 0.1) is 17.4 Å². The van der Waals surface area contributed by atoms with Crippen LogP contribution in [0.3, 0.4) is 0 Å². The van der Waals surface area contributed by atoms with Crippen molar-refractivity contribution in [3.05, 3.63) is 59.6 Å². The fourth-order valence-corrected chi connectivity index (χ4v) is 4.72. The second-order valence-electron chi connectivity index (χ2n) is 7.41. The van der Waals surface area contributed by atoms with Gasteiger partial charge in [-0.15, -0.1) is 0 Å². The number of fused-ring (bicyclic) bond motifs is 1. The van der Waals surface area contributed by atoms with Gasteiger partial charge in [0.25, 0.3) is 10.0 Å². The lowest BCUT2D eigenvalue weighted by Gasteiger charge is -2.33. The third-order valence-corrected chi connectivity index (χ3v) is 6.76. The summed E-state index contributed by atoms with van der Waals surface area (Å²) in [6, 6.07) is 10.2. The minimum absolute atomic E-state index is 0.0147. The van der Waals surface area contributed by atoms with Gasteiger partial charge in [0.15, 0.2) is 5.76 Å². The fraction of sp³-hybridized carbons (Fsp3) is 0.273. The summed E-state index contributed by atoms with van der Waals surface area (Å²) < 4.78 is 52.2. The van der Waals surface area contributed by atoms with Gasteiger partial charge in [0.1, 0.15) is 11.4 Å². The van der Waals surface area contributed by atoms with E-state index in [-0.39, 0.29) is 34.5 Å². The molecule has 0 spiro atoms. The van der Waals surface area contributed by atoms with E-state index in [1.54, 1.807) is 18.2 Å². The Balaban J connectivity index is 1.58. The number of methoxy groups -OCH3 is 1. The van der Waals surface area contributed by atoms with E-state index < -0.39 is 27.7 Å². The highest BCUT2D eigenvalue weighted by molar-refractivity contribution is 7.90. The molecule has 0 saturated carbocycles. The lowest BCUT2D eigenvalue weighted by Crippen LogP contribution is -2.36. The van der Waals surface area contributed by atoms with E-state index in [1.165, 1.54) is 31.4 Å². The molecule has 1 fully saturated rings. The normalized spacial score (nSPS) is 13.6. The predicted molar refractivity (Wildman–Crippen MR) is 114 cm³/mol. The maximum atomic E-state index is 14.5. The molecule has 10 heteroatoms. The largest absolute Gasteiger partial charge is 0.469 e. The van der Waals surface area contributed by atoms with Crippen LogP contribution >= 0.6 is 0 Å². The second-order valence-corrected chi connectivity index (χ2v) is 9.06. The Morgan fingerprint density at radius 2 is 1.94 bits per heavy atom. The number of hydrogen-bond acceptors (Lipinski definition) is 7. The molecule has 3 aromatic rings. The predicted octanol–water partition coefficient (Wildman–Crippen LogP) is 3.01. The van der Waals surface area contributed by atoms with Crippen LogP contribution in [0, 0.1) is 5.82 Å². The first-order valence-corrected chi connectivity index (χ1v) is 11.5. The van der Waals surface area contributed by atoms with Gasteiger partial charge in [0, 0.05) is 37.3 Å². The first kappa shape index (κ1) is 21.8. The molecule has 168 valence electrons. The Morgan fingerprint density at radius 1 is 1.19 bits per heavy atom. The number of benzene rings is 2. The summed E-state index contributed by atoms with van der Waals surface area (Å²) in [7, 11) is -3.03. The van der Waals surface area contributed by atoms with Crippen molar-refractivity contribution < 1.29 is 31.6 Å². The molecule has 1 amide bonds. The maximum Gasteiger partial charge on any atom is 0.305 e. The van der Waals surface area contributed by atoms with E-state index in [0.29, 0.717) is 11.3 Å². The highest BCUT2D eigenvalue weighted by atomic mass is 32.2. The molecule has 1 aliphatic rings. The lowest BCUT2D eigenvalue weighted by molar-refractivity contribution is -0.140. The Kier molecular flexibility index (Phi) is 5.88. The third-order valence-electron chi connectivity index (χ3n) is 5.33. The van der Waals surface area contributed by atoms with E-state index >= 15 is 0 Å². The van der Waals surface area contributed by atoms with Crippen LogP contribution in [0.5, 0.6) is 0 Å². The summed E-state index contributed by atoms with van der Waals surface area (Å²) in [4.78, 5) is 25.9. The average Bonchev–Trinajstić information content (AvgIpc) is 3.16. The van der Waals surface area contributed by atoms with Crippen LogP contribution < -0.4 is 9.62 Å². The van der Waals surface area contributed by atoms with Crippen molar-refractivity contribution in [2.24, 2.45) is 0 Å². The average molecular weight is 460 g/mol. The minimum atomic E-state index is -4.27. The summed E-state index contributed by atoms with van der Waals surface area (Å²) in [6.45, 7) is 1.62. The zero-order valence-corrected chi connectivity index (χ0v) is 18.1. The van der Waals surface area contributed by atoms with Crippen LogP contribution in [-0.4, -0.2) is 40.5 Å². The van der Waals surface area contributed by atoms with Crippen molar-refractivity contribution >= 4 is 38.6 Å². The molecule has 0 radical (unpaired) electrons. The molecule has 1 N–H and O–H groups in total. The highest BCUT2D eigenvalue weighted by Crippen LogP contribution is 2.30. The molecule has 1 aliphatic heterocycles. The number of ether oxygens (including phenoxy) is 1. The Labute approximate surface area is 184 Å². The number of sulfonamides is 1. The molecule has 8 nitrogen and oxygen atoms in total. The molecule has 2 heterocycles. The molecule has 32 heavy (non-hydrogen) atoms. The van der Waals surface area contributed by atoms with Crippen molar-refractivity contribution in [2.75, 3.05) is 25.1 Å². The lowest BCUT2D eigenvalue weighted by atomic mass is 10.1. The van der Waals surface area contributed by atoms with E-state index in [4.69, 9.17) is 4.42 Å². The number of carbonyl (C=O) groups excluding carboxylic acids is 2. The quantitative estimate of drug-likeness (QED) is 0.540. The number of nitrogens with zero attached hydrogens (tertiary/aromatic N) is 1. The summed E-state index contributed by atoms with van der Waals surface area (Å²) in [5, 5.41) is 0.0929. The molecule has 2 aromatic carbocycles. The number of furan rings is 1. The molecule has 0 atom stereocenters. The van der Waals surface area contributed by atoms with Crippen LogP contribution in [0.1, 0.15) is 29.0 Å². The van der Waals surface area contributed by atoms with Gasteiger partial charge in [-0.1, -0.05) is 18.2 Å². The summed E-state index contributed by atoms with van der Waals surface area (Å²) >= 11 is 0. The number of esters is 1. The topological polar surface area (TPSA) is 106 Å². The van der Waals surface area contributed by atoms with Gasteiger partial charge in [-0.05, 0) is 30.5 Å². The van der Waals surface area contributed by atoms with E-state index in [9.17, 15) is 22.4 Å². The van der Waals surface area contributed by atoms with Crippen molar-refractivity contribution in [2.45, 2.75) is 24.2 Å². The number of halogens is 1. The van der Waals surface area contributed by atoms with E-state index in [2.05, 4.69) is 4.74 Å². The van der Waals surface area contributed by atoms with Crippen LogP contribution in [-0.2, 0) is 26.0 Å². The van der Waals surface area contributed by atoms with Crippen molar-refractivity contribution in [3.8, 4) is 0 Å². The van der Waals surface area contributed by atoms with Gasteiger partial charge in [-0.3, -0.25) is 9.59 Å². The molecule has 1 saturated heterocycles. The zero-order chi connectivity index (χ0) is 22.9. The Hall–Kier alpha value is -3.40. The number of hydrogen-bond donors (Lipinski definition) is 1. The highest BCUT2D eigenvalue weighted by Gasteiger charge is 2.25. The van der Waals surface area contributed by atoms with E-state index in [1.807, 2.05) is 9.62 Å². The SMILES string of the molecule is COC(=O)CCc1ccccc1S(=O)(=O)NC(=O)c1cc2c(F)cc(N3CCC3)cc2o1. The van der Waals surface area contributed by atoms with Crippen LogP contribution in [0.4, 0.5) is 10.1 Å². The Morgan fingerprint density at radius 3 is 2.62 bits per heavy atom. The van der Waals surface area contributed by atoms with Gasteiger partial charge >= 0.3 is 11.9 Å². The second kappa shape index (κ2) is 8.62. The Bertz CT molecular complexity index is 1300. The number of aryl methyl sites for hydroxylation is 1. The molecule has 0 aliphatic carbocycles. The van der Waals surface area contributed by atoms with Crippen molar-refractivity contribution in [1.82, 2.24) is 4.72 Å². The number of carbonyl (C=O) groups is 2. The molecule has 0 unspecified atom stereocenters. The van der Waals surface area contributed by atoms with Crippen LogP contribution in [0.15, 0.2) is 51.8 Å². The van der Waals surface area contributed by atoms with Gasteiger partial charge < -0.3 is 14.1 Å². The van der Waals surface area contributed by atoms with Crippen LogP contribution in [0.2, 0.25) is 0 Å². The zero-order valence-electron chi connectivity index (χ0n) is 17.3. The van der Waals surface area contributed by atoms with Crippen molar-refractivity contribution in [3.63, 3.8) is 0 Å². The first-order chi connectivity index (χ1) is 15.3. The van der Waals surface area contributed by atoms with Crippen molar-refractivity contribution in [1.29, 1.82) is 0 Å². The van der Waals surface area contributed by atoms with E-state index in [0.717, 1.165) is 19.5 Å². The van der Waals surface area contributed by atoms with Crippen LogP contribution in [0.25, 0.3) is 11.0 Å². The molecular formula is C22H21FN2O6S. The van der Waals surface area contributed by atoms with Gasteiger partial charge in [0.2, 0.25) is 0 Å². The third kappa shape index (κ3) is 4.31. The fourth-order valence-electron chi connectivity index (χ4n) is 3.49. The first-order valence-electron chi connectivity index (χ1n) is 9.98. The minimum Gasteiger partial charge on any atom is -0.469 e. The number of nitrogens with one attached hydrogen (secondary N) is 1. The molecule has 0 bridgehead atoms. The number of rotatable bonds is 7. The maximum absolute atomic E-state index is 14.5. The number of anilines is 1. The summed E-state index contributed by atoms with van der Waals surface area (Å²) in [5.74, 6) is -2.38. The smallest absolute Gasteiger partial charge is 0.305 e. The summed E-state index contributed by atoms with van der Waals surface area (Å²) in [6.07, 6.45) is 1.12. The molecule has 4 rings (SSSR count). The van der Waals surface area contributed by atoms with Gasteiger partial charge in [-0.2, -0.15) is 0 Å². The monoisotopic (exact) mass is 460 g/mol. The molecular weight excluding hydrogens is 439 g/mol. The number of amides is 1. The molecule has 1 aromatic heterocycles. The standard InChI is InChI=1S/C22H21FN2O6S/c1-30-21(26)8-7-14-5-2-3-6-20(14)32(28,29)24-22(27)19-13-16-17(23)11-15(12-18(16)31-19)25-9-4-10-25/h2-3,5-6,11-13H,4,7-10H2,1H3,(H,24,27).